The lowest BCUT2D eigenvalue weighted by molar-refractivity contribution is -0.121. The van der Waals surface area contributed by atoms with Gasteiger partial charge in [0.2, 0.25) is 0 Å². The first kappa shape index (κ1) is 8.69. The fraction of sp³-hybridized carbons (Fsp3) is 0.556. The van der Waals surface area contributed by atoms with Crippen molar-refractivity contribution >= 4 is 17.1 Å². The quantitative estimate of drug-likeness (QED) is 0.728. The van der Waals surface area contributed by atoms with Gasteiger partial charge in [-0.05, 0) is 12.8 Å². The van der Waals surface area contributed by atoms with Crippen LogP contribution < -0.4 is 4.74 Å². The monoisotopic (exact) mass is 197 g/mol. The number of nitrogens with zero attached hydrogens (tertiary/aromatic N) is 1. The highest BCUT2D eigenvalue weighted by atomic mass is 32.1. The molecule has 0 amide bonds. The number of carbonyl (C=O) groups excluding carboxylic acids is 1. The molecule has 1 aromatic rings. The Hall–Kier alpha value is -0.900. The molecule has 0 atom stereocenters. The molecule has 0 radical (unpaired) electrons. The van der Waals surface area contributed by atoms with Crippen LogP contribution in [0, 0.1) is 0 Å². The number of hydrogen-bond acceptors (Lipinski definition) is 4. The predicted octanol–water partition coefficient (Wildman–Crippen LogP) is 2.03. The second kappa shape index (κ2) is 3.87. The Morgan fingerprint density at radius 2 is 2.23 bits per heavy atom. The molecule has 0 aliphatic heterocycles. The minimum atomic E-state index is 0.198. The van der Waals surface area contributed by atoms with Gasteiger partial charge in [0, 0.05) is 24.4 Å². The van der Waals surface area contributed by atoms with E-state index in [0.29, 0.717) is 18.6 Å². The third-order valence-corrected chi connectivity index (χ3v) is 2.83. The van der Waals surface area contributed by atoms with E-state index in [9.17, 15) is 4.79 Å². The van der Waals surface area contributed by atoms with Gasteiger partial charge in [-0.1, -0.05) is 11.3 Å². The highest BCUT2D eigenvalue weighted by Crippen LogP contribution is 2.22. The van der Waals surface area contributed by atoms with E-state index < -0.39 is 0 Å². The van der Waals surface area contributed by atoms with E-state index in [0.717, 1.165) is 18.0 Å². The van der Waals surface area contributed by atoms with E-state index in [1.807, 2.05) is 5.38 Å². The average molecular weight is 197 g/mol. The zero-order chi connectivity index (χ0) is 9.10. The van der Waals surface area contributed by atoms with Crippen LogP contribution in [0.5, 0.6) is 5.19 Å². The molecule has 0 unspecified atom stereocenters. The highest BCUT2D eigenvalue weighted by Gasteiger charge is 2.20. The van der Waals surface area contributed by atoms with Gasteiger partial charge in [-0.2, -0.15) is 0 Å². The number of aromatic nitrogens is 1. The smallest absolute Gasteiger partial charge is 0.273 e. The van der Waals surface area contributed by atoms with Gasteiger partial charge in [-0.15, -0.1) is 0 Å². The predicted molar refractivity (Wildman–Crippen MR) is 50.0 cm³/mol. The summed E-state index contributed by atoms with van der Waals surface area (Å²) in [5.74, 6) is 0.360. The Labute approximate surface area is 80.8 Å². The van der Waals surface area contributed by atoms with Gasteiger partial charge in [0.25, 0.3) is 5.19 Å². The van der Waals surface area contributed by atoms with Gasteiger partial charge in [0.1, 0.15) is 11.9 Å². The zero-order valence-electron chi connectivity index (χ0n) is 7.23. The largest absolute Gasteiger partial charge is 0.467 e. The van der Waals surface area contributed by atoms with E-state index in [1.165, 1.54) is 11.3 Å². The van der Waals surface area contributed by atoms with Crippen molar-refractivity contribution in [2.75, 3.05) is 0 Å². The first-order valence-corrected chi connectivity index (χ1v) is 5.30. The second-order valence-electron chi connectivity index (χ2n) is 3.15. The molecule has 0 saturated heterocycles. The fourth-order valence-corrected chi connectivity index (χ4v) is 1.99. The molecule has 1 aromatic heterocycles. The van der Waals surface area contributed by atoms with Crippen LogP contribution in [0.2, 0.25) is 0 Å². The highest BCUT2D eigenvalue weighted by molar-refractivity contribution is 7.11. The summed E-state index contributed by atoms with van der Waals surface area (Å²) in [7, 11) is 0. The van der Waals surface area contributed by atoms with Crippen LogP contribution in [0.15, 0.2) is 11.6 Å². The van der Waals surface area contributed by atoms with Gasteiger partial charge in [-0.3, -0.25) is 4.79 Å². The Balaban J connectivity index is 1.86. The second-order valence-corrected chi connectivity index (χ2v) is 4.01. The Kier molecular flexibility index (Phi) is 2.59. The summed E-state index contributed by atoms with van der Waals surface area (Å²) in [6.07, 6.45) is 4.94. The summed E-state index contributed by atoms with van der Waals surface area (Å²) in [4.78, 5) is 15.0. The summed E-state index contributed by atoms with van der Waals surface area (Å²) in [6, 6.07) is 0. The van der Waals surface area contributed by atoms with Gasteiger partial charge in [0.05, 0.1) is 0 Å². The molecule has 0 aromatic carbocycles. The maximum absolute atomic E-state index is 10.9. The van der Waals surface area contributed by atoms with Gasteiger partial charge in [-0.25, -0.2) is 4.98 Å². The van der Waals surface area contributed by atoms with Crippen LogP contribution in [0.25, 0.3) is 0 Å². The number of ketones is 1. The summed E-state index contributed by atoms with van der Waals surface area (Å²) in [5.41, 5.74) is 0. The number of rotatable bonds is 2. The molecule has 3 nitrogen and oxygen atoms in total. The molecule has 4 heteroatoms. The van der Waals surface area contributed by atoms with E-state index in [1.54, 1.807) is 6.20 Å². The van der Waals surface area contributed by atoms with Crippen LogP contribution in [-0.4, -0.2) is 16.9 Å². The van der Waals surface area contributed by atoms with E-state index >= 15 is 0 Å². The van der Waals surface area contributed by atoms with Crippen LogP contribution >= 0.6 is 11.3 Å². The Morgan fingerprint density at radius 1 is 1.46 bits per heavy atom. The lowest BCUT2D eigenvalue weighted by Gasteiger charge is -2.20. The number of Topliss-reactive ketones (excluding diaryl/α,β-unsaturated/α-hetero) is 1. The SMILES string of the molecule is O=C1CCC(Oc2nccs2)CC1. The fourth-order valence-electron chi connectivity index (χ4n) is 1.44. The van der Waals surface area contributed by atoms with Gasteiger partial charge < -0.3 is 4.74 Å². The van der Waals surface area contributed by atoms with Crippen LogP contribution in [0.4, 0.5) is 0 Å². The van der Waals surface area contributed by atoms with Gasteiger partial charge >= 0.3 is 0 Å². The van der Waals surface area contributed by atoms with Crippen LogP contribution in [-0.2, 0) is 4.79 Å². The number of carbonyl (C=O) groups is 1. The number of hydrogen-bond donors (Lipinski definition) is 0. The summed E-state index contributed by atoms with van der Waals surface area (Å²) in [6.45, 7) is 0. The zero-order valence-corrected chi connectivity index (χ0v) is 8.05. The molecule has 1 heterocycles. The van der Waals surface area contributed by atoms with Crippen molar-refractivity contribution in [1.29, 1.82) is 0 Å². The lowest BCUT2D eigenvalue weighted by atomic mass is 9.97. The lowest BCUT2D eigenvalue weighted by Crippen LogP contribution is -2.23. The number of ether oxygens (including phenoxy) is 1. The maximum Gasteiger partial charge on any atom is 0.273 e. The first-order chi connectivity index (χ1) is 6.34. The molecule has 0 bridgehead atoms. The van der Waals surface area contributed by atoms with E-state index in [2.05, 4.69) is 4.98 Å². The average Bonchev–Trinajstić information content (AvgIpc) is 2.62. The van der Waals surface area contributed by atoms with Crippen molar-refractivity contribution in [3.8, 4) is 5.19 Å². The third-order valence-electron chi connectivity index (χ3n) is 2.17. The molecule has 1 aliphatic carbocycles. The van der Waals surface area contributed by atoms with Crippen molar-refractivity contribution in [2.24, 2.45) is 0 Å². The molecule has 0 N–H and O–H groups in total. The molecule has 1 aliphatic rings. The Bertz CT molecular complexity index is 274. The first-order valence-electron chi connectivity index (χ1n) is 4.42. The molecule has 0 spiro atoms. The topological polar surface area (TPSA) is 39.2 Å². The summed E-state index contributed by atoms with van der Waals surface area (Å²) < 4.78 is 5.60. The molecular formula is C9H11NO2S. The molecule has 1 fully saturated rings. The normalized spacial score (nSPS) is 18.9. The molecule has 2 rings (SSSR count). The number of thiazole rings is 1. The third kappa shape index (κ3) is 2.28. The molecular weight excluding hydrogens is 186 g/mol. The minimum Gasteiger partial charge on any atom is -0.467 e. The standard InChI is InChI=1S/C9H11NO2S/c11-7-1-3-8(4-2-7)12-9-10-5-6-13-9/h5-6,8H,1-4H2. The molecule has 70 valence electrons. The van der Waals surface area contributed by atoms with Crippen molar-refractivity contribution in [1.82, 2.24) is 4.98 Å². The van der Waals surface area contributed by atoms with Crippen LogP contribution in [0.3, 0.4) is 0 Å². The maximum atomic E-state index is 10.9. The van der Waals surface area contributed by atoms with Crippen LogP contribution in [0.1, 0.15) is 25.7 Å². The van der Waals surface area contributed by atoms with Crippen molar-refractivity contribution in [2.45, 2.75) is 31.8 Å². The van der Waals surface area contributed by atoms with Crippen molar-refractivity contribution in [3.05, 3.63) is 11.6 Å². The van der Waals surface area contributed by atoms with Crippen molar-refractivity contribution in [3.63, 3.8) is 0 Å². The van der Waals surface area contributed by atoms with Crippen molar-refractivity contribution < 1.29 is 9.53 Å². The van der Waals surface area contributed by atoms with Gasteiger partial charge in [0.15, 0.2) is 0 Å². The Morgan fingerprint density at radius 3 is 2.85 bits per heavy atom. The van der Waals surface area contributed by atoms with E-state index in [-0.39, 0.29) is 6.10 Å². The minimum absolute atomic E-state index is 0.198. The van der Waals surface area contributed by atoms with E-state index in [4.69, 9.17) is 4.74 Å². The summed E-state index contributed by atoms with van der Waals surface area (Å²) >= 11 is 1.50. The molecule has 13 heavy (non-hydrogen) atoms. The summed E-state index contributed by atoms with van der Waals surface area (Å²) in [5, 5.41) is 2.61. The molecule has 1 saturated carbocycles.